The summed E-state index contributed by atoms with van der Waals surface area (Å²) in [6.07, 6.45) is 2.47. The molecule has 2 aromatic carbocycles. The van der Waals surface area contributed by atoms with Crippen LogP contribution >= 0.6 is 11.3 Å². The Kier molecular flexibility index (Phi) is 7.35. The average molecular weight is 432 g/mol. The summed E-state index contributed by atoms with van der Waals surface area (Å²) < 4.78 is 27.8. The molecule has 0 atom stereocenters. The molecule has 1 aromatic heterocycles. The maximum Gasteiger partial charge on any atom is 0.303 e. The molecule has 0 saturated heterocycles. The van der Waals surface area contributed by atoms with Crippen molar-refractivity contribution in [2.45, 2.75) is 32.1 Å². The molecule has 0 aliphatic carbocycles. The first-order chi connectivity index (χ1) is 14.5. The van der Waals surface area contributed by atoms with Gasteiger partial charge in [0, 0.05) is 29.8 Å². The number of aromatic hydroxyl groups is 1. The zero-order valence-electron chi connectivity index (χ0n) is 16.2. The highest BCUT2D eigenvalue weighted by Gasteiger charge is 2.18. The minimum absolute atomic E-state index is 0.0592. The van der Waals surface area contributed by atoms with Crippen LogP contribution in [-0.2, 0) is 11.2 Å². The Morgan fingerprint density at radius 1 is 1.07 bits per heavy atom. The molecule has 3 rings (SSSR count). The van der Waals surface area contributed by atoms with E-state index in [0.717, 1.165) is 18.9 Å². The molecular formula is C22H22F2N2O3S. The van der Waals surface area contributed by atoms with Crippen molar-refractivity contribution in [1.82, 2.24) is 4.98 Å². The lowest BCUT2D eigenvalue weighted by molar-refractivity contribution is -0.137. The lowest BCUT2D eigenvalue weighted by atomic mass is 10.0. The Bertz CT molecular complexity index is 1020. The molecule has 0 spiro atoms. The van der Waals surface area contributed by atoms with Gasteiger partial charge in [0.1, 0.15) is 5.75 Å². The van der Waals surface area contributed by atoms with E-state index in [1.165, 1.54) is 23.5 Å². The van der Waals surface area contributed by atoms with E-state index in [1.54, 1.807) is 24.3 Å². The number of thiazole rings is 1. The molecule has 0 saturated carbocycles. The van der Waals surface area contributed by atoms with E-state index in [-0.39, 0.29) is 24.2 Å². The molecule has 0 fully saturated rings. The third-order valence-electron chi connectivity index (χ3n) is 4.58. The molecule has 3 N–H and O–H groups in total. The van der Waals surface area contributed by atoms with Crippen molar-refractivity contribution in [1.29, 1.82) is 0 Å². The fourth-order valence-corrected chi connectivity index (χ4v) is 4.09. The number of carboxylic acid groups (broad SMARTS) is 1. The van der Waals surface area contributed by atoms with Crippen LogP contribution in [0.15, 0.2) is 42.5 Å². The Balaban J connectivity index is 1.79. The van der Waals surface area contributed by atoms with Crippen LogP contribution in [0, 0.1) is 11.6 Å². The van der Waals surface area contributed by atoms with Gasteiger partial charge < -0.3 is 15.5 Å². The molecule has 0 aliphatic rings. The Morgan fingerprint density at radius 3 is 2.63 bits per heavy atom. The van der Waals surface area contributed by atoms with Crippen molar-refractivity contribution in [2.24, 2.45) is 0 Å². The zero-order valence-corrected chi connectivity index (χ0v) is 17.0. The number of rotatable bonds is 10. The second kappa shape index (κ2) is 10.2. The van der Waals surface area contributed by atoms with Crippen LogP contribution in [0.3, 0.4) is 0 Å². The van der Waals surface area contributed by atoms with Gasteiger partial charge in [0.2, 0.25) is 0 Å². The highest BCUT2D eigenvalue weighted by molar-refractivity contribution is 7.16. The normalized spacial score (nSPS) is 10.9. The summed E-state index contributed by atoms with van der Waals surface area (Å²) in [5, 5.41) is 22.7. The molecule has 1 heterocycles. The van der Waals surface area contributed by atoms with E-state index in [2.05, 4.69) is 10.3 Å². The highest BCUT2D eigenvalue weighted by Crippen LogP contribution is 2.37. The highest BCUT2D eigenvalue weighted by atomic mass is 32.1. The third-order valence-corrected chi connectivity index (χ3v) is 5.60. The quantitative estimate of drug-likeness (QED) is 0.372. The van der Waals surface area contributed by atoms with Gasteiger partial charge in [-0.05, 0) is 36.6 Å². The van der Waals surface area contributed by atoms with Gasteiger partial charge in [0.15, 0.2) is 16.8 Å². The fraction of sp³-hybridized carbons (Fsp3) is 0.273. The first-order valence-corrected chi connectivity index (χ1v) is 10.4. The van der Waals surface area contributed by atoms with Gasteiger partial charge >= 0.3 is 5.97 Å². The summed E-state index contributed by atoms with van der Waals surface area (Å²) >= 11 is 1.32. The monoisotopic (exact) mass is 432 g/mol. The number of nitrogens with one attached hydrogen (secondary N) is 1. The zero-order chi connectivity index (χ0) is 21.5. The smallest absolute Gasteiger partial charge is 0.303 e. The number of carbonyl (C=O) groups is 1. The number of para-hydroxylation sites is 1. The predicted octanol–water partition coefficient (Wildman–Crippen LogP) is 5.44. The average Bonchev–Trinajstić information content (AvgIpc) is 3.10. The topological polar surface area (TPSA) is 82.5 Å². The first-order valence-electron chi connectivity index (χ1n) is 9.62. The summed E-state index contributed by atoms with van der Waals surface area (Å²) in [6.45, 7) is 0.612. The Labute approximate surface area is 177 Å². The van der Waals surface area contributed by atoms with Crippen LogP contribution in [0.1, 0.15) is 36.1 Å². The minimum Gasteiger partial charge on any atom is -0.507 e. The molecular weight excluding hydrogens is 410 g/mol. The number of nitrogens with zero attached hydrogens (tertiary/aromatic N) is 1. The van der Waals surface area contributed by atoms with Gasteiger partial charge in [-0.3, -0.25) is 4.79 Å². The molecule has 8 heteroatoms. The number of hydrogen-bond acceptors (Lipinski definition) is 5. The van der Waals surface area contributed by atoms with Crippen LogP contribution in [0.25, 0.3) is 11.3 Å². The van der Waals surface area contributed by atoms with Crippen molar-refractivity contribution in [3.8, 4) is 17.0 Å². The number of carboxylic acids is 1. The number of aromatic nitrogens is 1. The SMILES string of the molecule is O=C(O)CCCCCNc1nc(-c2ccccc2O)c(Cc2cccc(F)c2F)s1. The summed E-state index contributed by atoms with van der Waals surface area (Å²) in [5.41, 5.74) is 1.26. The number of anilines is 1. The maximum absolute atomic E-state index is 14.2. The summed E-state index contributed by atoms with van der Waals surface area (Å²) in [6, 6.07) is 10.8. The lowest BCUT2D eigenvalue weighted by Gasteiger charge is -2.06. The predicted molar refractivity (Wildman–Crippen MR) is 113 cm³/mol. The molecule has 3 aromatic rings. The van der Waals surface area contributed by atoms with E-state index in [9.17, 15) is 18.7 Å². The molecule has 0 aliphatic heterocycles. The maximum atomic E-state index is 14.2. The molecule has 0 amide bonds. The van der Waals surface area contributed by atoms with Crippen LogP contribution in [0.4, 0.5) is 13.9 Å². The summed E-state index contributed by atoms with van der Waals surface area (Å²) in [4.78, 5) is 15.8. The lowest BCUT2D eigenvalue weighted by Crippen LogP contribution is -2.01. The molecule has 0 unspecified atom stereocenters. The van der Waals surface area contributed by atoms with Crippen molar-refractivity contribution >= 4 is 22.4 Å². The van der Waals surface area contributed by atoms with Crippen molar-refractivity contribution in [2.75, 3.05) is 11.9 Å². The van der Waals surface area contributed by atoms with Crippen LogP contribution in [-0.4, -0.2) is 27.7 Å². The number of hydrogen-bond donors (Lipinski definition) is 3. The van der Waals surface area contributed by atoms with Crippen LogP contribution in [0.2, 0.25) is 0 Å². The number of unbranched alkanes of at least 4 members (excludes halogenated alkanes) is 2. The molecule has 30 heavy (non-hydrogen) atoms. The van der Waals surface area contributed by atoms with E-state index in [1.807, 2.05) is 0 Å². The third kappa shape index (κ3) is 5.54. The second-order valence-corrected chi connectivity index (χ2v) is 7.91. The Hall–Kier alpha value is -3.00. The van der Waals surface area contributed by atoms with Gasteiger partial charge in [-0.15, -0.1) is 11.3 Å². The van der Waals surface area contributed by atoms with Crippen LogP contribution in [0.5, 0.6) is 5.75 Å². The molecule has 5 nitrogen and oxygen atoms in total. The number of benzene rings is 2. The van der Waals surface area contributed by atoms with Gasteiger partial charge in [-0.2, -0.15) is 0 Å². The molecule has 158 valence electrons. The number of phenolic OH excluding ortho intramolecular Hbond substituents is 1. The summed E-state index contributed by atoms with van der Waals surface area (Å²) in [7, 11) is 0. The van der Waals surface area contributed by atoms with Gasteiger partial charge in [-0.25, -0.2) is 13.8 Å². The summed E-state index contributed by atoms with van der Waals surface area (Å²) in [5.74, 6) is -2.53. The Morgan fingerprint density at radius 2 is 1.87 bits per heavy atom. The number of aliphatic carboxylic acids is 1. The standard InChI is InChI=1S/C22H22F2N2O3S/c23-16-9-6-7-14(20(16)24)13-18-21(15-8-3-4-10-17(15)27)26-22(30-18)25-12-5-1-2-11-19(28)29/h3-4,6-10,27H,1-2,5,11-13H2,(H,25,26)(H,28,29). The number of halogens is 2. The first kappa shape index (κ1) is 21.7. The second-order valence-electron chi connectivity index (χ2n) is 6.83. The minimum atomic E-state index is -0.902. The van der Waals surface area contributed by atoms with Crippen molar-refractivity contribution in [3.05, 3.63) is 64.5 Å². The van der Waals surface area contributed by atoms with E-state index < -0.39 is 17.6 Å². The van der Waals surface area contributed by atoms with E-state index in [4.69, 9.17) is 5.11 Å². The van der Waals surface area contributed by atoms with Gasteiger partial charge in [0.25, 0.3) is 0 Å². The van der Waals surface area contributed by atoms with E-state index >= 15 is 0 Å². The van der Waals surface area contributed by atoms with Crippen molar-refractivity contribution in [3.63, 3.8) is 0 Å². The van der Waals surface area contributed by atoms with Crippen molar-refractivity contribution < 1.29 is 23.8 Å². The number of phenols is 1. The largest absolute Gasteiger partial charge is 0.507 e. The van der Waals surface area contributed by atoms with Gasteiger partial charge in [-0.1, -0.05) is 30.7 Å². The van der Waals surface area contributed by atoms with E-state index in [0.29, 0.717) is 34.2 Å². The molecule has 0 bridgehead atoms. The fourth-order valence-electron chi connectivity index (χ4n) is 3.06. The van der Waals surface area contributed by atoms with Crippen LogP contribution < -0.4 is 5.32 Å². The molecule has 0 radical (unpaired) electrons. The van der Waals surface area contributed by atoms with Gasteiger partial charge in [0.05, 0.1) is 5.69 Å².